The topological polar surface area (TPSA) is 78.7 Å². The molecule has 0 radical (unpaired) electrons. The number of halogens is 1. The fourth-order valence-electron chi connectivity index (χ4n) is 2.11. The summed E-state index contributed by atoms with van der Waals surface area (Å²) in [6, 6.07) is 14.8. The third-order valence-electron chi connectivity index (χ3n) is 3.49. The van der Waals surface area contributed by atoms with Gasteiger partial charge >= 0.3 is 0 Å². The number of thioether (sulfide) groups is 2. The molecule has 0 saturated heterocycles. The molecule has 0 bridgehead atoms. The minimum atomic E-state index is -0.310. The molecule has 1 heterocycles. The SMILES string of the molecule is CSc1ccc(Cl)c(C(=O)Nc2nnc(SCc3ccc(C#N)cc3)s2)c1. The van der Waals surface area contributed by atoms with E-state index in [2.05, 4.69) is 21.6 Å². The molecule has 1 N–H and O–H groups in total. The van der Waals surface area contributed by atoms with Crippen LogP contribution >= 0.6 is 46.5 Å². The molecule has 0 atom stereocenters. The van der Waals surface area contributed by atoms with Crippen LogP contribution in [0.2, 0.25) is 5.02 Å². The van der Waals surface area contributed by atoms with E-state index in [-0.39, 0.29) is 5.91 Å². The second-order valence-electron chi connectivity index (χ2n) is 5.27. The van der Waals surface area contributed by atoms with Crippen LogP contribution in [0.1, 0.15) is 21.5 Å². The molecule has 3 rings (SSSR count). The number of nitrogens with zero attached hydrogens (tertiary/aromatic N) is 3. The number of anilines is 1. The second-order valence-corrected chi connectivity index (χ2v) is 8.76. The van der Waals surface area contributed by atoms with E-state index < -0.39 is 0 Å². The lowest BCUT2D eigenvalue weighted by Gasteiger charge is -2.05. The summed E-state index contributed by atoms with van der Waals surface area (Å²) in [6.45, 7) is 0. The smallest absolute Gasteiger partial charge is 0.259 e. The zero-order chi connectivity index (χ0) is 19.2. The third kappa shape index (κ3) is 5.23. The van der Waals surface area contributed by atoms with Crippen molar-refractivity contribution in [3.05, 3.63) is 64.2 Å². The van der Waals surface area contributed by atoms with Crippen LogP contribution in [0, 0.1) is 11.3 Å². The molecule has 5 nitrogen and oxygen atoms in total. The van der Waals surface area contributed by atoms with Crippen LogP contribution in [0.3, 0.4) is 0 Å². The number of benzene rings is 2. The van der Waals surface area contributed by atoms with E-state index in [1.54, 1.807) is 36.0 Å². The lowest BCUT2D eigenvalue weighted by Crippen LogP contribution is -2.12. The quantitative estimate of drug-likeness (QED) is 0.419. The van der Waals surface area contributed by atoms with Crippen LogP contribution in [-0.4, -0.2) is 22.4 Å². The molecular formula is C18H13ClN4OS3. The molecule has 0 spiro atoms. The summed E-state index contributed by atoms with van der Waals surface area (Å²) in [5.41, 5.74) is 2.12. The zero-order valence-corrected chi connectivity index (χ0v) is 17.3. The van der Waals surface area contributed by atoms with E-state index in [4.69, 9.17) is 16.9 Å². The number of nitriles is 1. The highest BCUT2D eigenvalue weighted by atomic mass is 35.5. The molecule has 3 aromatic rings. The van der Waals surface area contributed by atoms with Gasteiger partial charge in [0.2, 0.25) is 5.13 Å². The first kappa shape index (κ1) is 19.7. The number of hydrogen-bond donors (Lipinski definition) is 1. The van der Waals surface area contributed by atoms with Gasteiger partial charge in [-0.1, -0.05) is 46.8 Å². The molecule has 0 aliphatic carbocycles. The van der Waals surface area contributed by atoms with Crippen LogP contribution < -0.4 is 5.32 Å². The number of hydrogen-bond acceptors (Lipinski definition) is 7. The fraction of sp³-hybridized carbons (Fsp3) is 0.111. The minimum Gasteiger partial charge on any atom is -0.296 e. The molecule has 0 unspecified atom stereocenters. The molecule has 136 valence electrons. The number of carbonyl (C=O) groups is 1. The molecule has 0 aliphatic rings. The highest BCUT2D eigenvalue weighted by molar-refractivity contribution is 8.00. The summed E-state index contributed by atoms with van der Waals surface area (Å²) in [7, 11) is 0. The van der Waals surface area contributed by atoms with Crippen molar-refractivity contribution in [2.75, 3.05) is 11.6 Å². The molecule has 1 aromatic heterocycles. The maximum Gasteiger partial charge on any atom is 0.259 e. The van der Waals surface area contributed by atoms with Gasteiger partial charge < -0.3 is 0 Å². The Morgan fingerprint density at radius 2 is 2.04 bits per heavy atom. The van der Waals surface area contributed by atoms with E-state index in [0.29, 0.717) is 27.0 Å². The Hall–Kier alpha value is -2.05. The van der Waals surface area contributed by atoms with Gasteiger partial charge in [-0.3, -0.25) is 10.1 Å². The van der Waals surface area contributed by atoms with E-state index in [1.165, 1.54) is 23.1 Å². The predicted molar refractivity (Wildman–Crippen MR) is 112 cm³/mol. The summed E-state index contributed by atoms with van der Waals surface area (Å²) < 4.78 is 0.749. The zero-order valence-electron chi connectivity index (χ0n) is 14.1. The van der Waals surface area contributed by atoms with Gasteiger partial charge in [-0.15, -0.1) is 22.0 Å². The van der Waals surface area contributed by atoms with Gasteiger partial charge in [0.1, 0.15) is 0 Å². The van der Waals surface area contributed by atoms with Crippen molar-refractivity contribution in [3.8, 4) is 6.07 Å². The first-order valence-electron chi connectivity index (χ1n) is 7.69. The van der Waals surface area contributed by atoms with Crippen molar-refractivity contribution in [3.63, 3.8) is 0 Å². The highest BCUT2D eigenvalue weighted by Crippen LogP contribution is 2.29. The Bertz CT molecular complexity index is 999. The van der Waals surface area contributed by atoms with Crippen LogP contribution in [0.4, 0.5) is 5.13 Å². The van der Waals surface area contributed by atoms with Gasteiger partial charge in [0.15, 0.2) is 4.34 Å². The Balaban J connectivity index is 1.62. The van der Waals surface area contributed by atoms with Crippen molar-refractivity contribution in [1.29, 1.82) is 5.26 Å². The van der Waals surface area contributed by atoms with Crippen molar-refractivity contribution in [2.24, 2.45) is 0 Å². The van der Waals surface area contributed by atoms with E-state index in [9.17, 15) is 4.79 Å². The first-order valence-corrected chi connectivity index (χ1v) is 11.1. The lowest BCUT2D eigenvalue weighted by atomic mass is 10.2. The number of rotatable bonds is 6. The Morgan fingerprint density at radius 1 is 1.26 bits per heavy atom. The van der Waals surface area contributed by atoms with Gasteiger partial charge in [-0.05, 0) is 42.2 Å². The van der Waals surface area contributed by atoms with E-state index >= 15 is 0 Å². The lowest BCUT2D eigenvalue weighted by molar-refractivity contribution is 0.102. The van der Waals surface area contributed by atoms with E-state index in [0.717, 1.165) is 14.8 Å². The normalized spacial score (nSPS) is 10.4. The average Bonchev–Trinajstić information content (AvgIpc) is 3.14. The second kappa shape index (κ2) is 9.24. The molecule has 2 aromatic carbocycles. The third-order valence-corrected chi connectivity index (χ3v) is 6.59. The van der Waals surface area contributed by atoms with E-state index in [1.807, 2.05) is 24.5 Å². The number of nitrogens with one attached hydrogen (secondary N) is 1. The van der Waals surface area contributed by atoms with Crippen molar-refractivity contribution < 1.29 is 4.79 Å². The van der Waals surface area contributed by atoms with Gasteiger partial charge in [0, 0.05) is 10.6 Å². The maximum absolute atomic E-state index is 12.5. The molecule has 27 heavy (non-hydrogen) atoms. The summed E-state index contributed by atoms with van der Waals surface area (Å²) in [6.07, 6.45) is 1.94. The number of aromatic nitrogens is 2. The first-order chi connectivity index (χ1) is 13.1. The Morgan fingerprint density at radius 3 is 2.74 bits per heavy atom. The average molecular weight is 433 g/mol. The monoisotopic (exact) mass is 432 g/mol. The molecule has 9 heteroatoms. The van der Waals surface area contributed by atoms with Crippen molar-refractivity contribution in [1.82, 2.24) is 10.2 Å². The Kier molecular flexibility index (Phi) is 6.74. The fourth-order valence-corrected chi connectivity index (χ4v) is 4.46. The molecular weight excluding hydrogens is 420 g/mol. The Labute approximate surface area is 174 Å². The number of carbonyl (C=O) groups excluding carboxylic acids is 1. The molecule has 0 saturated carbocycles. The van der Waals surface area contributed by atoms with Gasteiger partial charge in [-0.25, -0.2) is 0 Å². The van der Waals surface area contributed by atoms with Gasteiger partial charge in [-0.2, -0.15) is 5.26 Å². The molecule has 1 amide bonds. The largest absolute Gasteiger partial charge is 0.296 e. The summed E-state index contributed by atoms with van der Waals surface area (Å²) in [4.78, 5) is 13.4. The van der Waals surface area contributed by atoms with Crippen molar-refractivity contribution >= 4 is 57.5 Å². The standard InChI is InChI=1S/C18H13ClN4OS3/c1-25-13-6-7-15(19)14(8-13)16(24)21-17-22-23-18(27-17)26-10-12-4-2-11(9-20)3-5-12/h2-8H,10H2,1H3,(H,21,22,24). The van der Waals surface area contributed by atoms with Crippen LogP contribution in [-0.2, 0) is 5.75 Å². The predicted octanol–water partition coefficient (Wildman–Crippen LogP) is 5.33. The van der Waals surface area contributed by atoms with Crippen molar-refractivity contribution in [2.45, 2.75) is 15.0 Å². The minimum absolute atomic E-state index is 0.310. The number of amides is 1. The van der Waals surface area contributed by atoms with Crippen LogP contribution in [0.25, 0.3) is 0 Å². The molecule has 0 fully saturated rings. The highest BCUT2D eigenvalue weighted by Gasteiger charge is 2.14. The summed E-state index contributed by atoms with van der Waals surface area (Å²) in [5.74, 6) is 0.395. The summed E-state index contributed by atoms with van der Waals surface area (Å²) >= 11 is 10.5. The van der Waals surface area contributed by atoms with Gasteiger partial charge in [0.25, 0.3) is 5.91 Å². The van der Waals surface area contributed by atoms with Crippen LogP contribution in [0.15, 0.2) is 51.7 Å². The molecule has 0 aliphatic heterocycles. The maximum atomic E-state index is 12.5. The van der Waals surface area contributed by atoms with Crippen LogP contribution in [0.5, 0.6) is 0 Å². The van der Waals surface area contributed by atoms with Gasteiger partial charge in [0.05, 0.1) is 22.2 Å². The summed E-state index contributed by atoms with van der Waals surface area (Å²) in [5, 5.41) is 20.5.